The van der Waals surface area contributed by atoms with Crippen LogP contribution in [0.15, 0.2) is 28.8 Å². The van der Waals surface area contributed by atoms with Gasteiger partial charge in [0.15, 0.2) is 5.82 Å². The average molecular weight is 260 g/mol. The summed E-state index contributed by atoms with van der Waals surface area (Å²) in [6, 6.07) is 6.93. The minimum absolute atomic E-state index is 0.145. The van der Waals surface area contributed by atoms with E-state index in [1.807, 2.05) is 6.07 Å². The number of hydrogen-bond acceptors (Lipinski definition) is 5. The molecule has 0 radical (unpaired) electrons. The SMILES string of the molecule is Oc1ccccc1-c1nc(CC2CCCCO2)no1. The Hall–Kier alpha value is -1.88. The Balaban J connectivity index is 1.74. The maximum atomic E-state index is 9.74. The number of hydrogen-bond donors (Lipinski definition) is 1. The molecule has 0 spiro atoms. The zero-order chi connectivity index (χ0) is 13.1. The van der Waals surface area contributed by atoms with Crippen molar-refractivity contribution in [2.75, 3.05) is 6.61 Å². The lowest BCUT2D eigenvalue weighted by Crippen LogP contribution is -2.21. The van der Waals surface area contributed by atoms with Gasteiger partial charge in [-0.3, -0.25) is 0 Å². The van der Waals surface area contributed by atoms with Crippen molar-refractivity contribution in [3.8, 4) is 17.2 Å². The zero-order valence-corrected chi connectivity index (χ0v) is 10.6. The van der Waals surface area contributed by atoms with Gasteiger partial charge < -0.3 is 14.4 Å². The van der Waals surface area contributed by atoms with Crippen LogP contribution in [0.2, 0.25) is 0 Å². The van der Waals surface area contributed by atoms with Crippen molar-refractivity contribution >= 4 is 0 Å². The summed E-state index contributed by atoms with van der Waals surface area (Å²) in [6.45, 7) is 0.814. The van der Waals surface area contributed by atoms with Crippen molar-refractivity contribution in [1.29, 1.82) is 0 Å². The summed E-state index contributed by atoms with van der Waals surface area (Å²) in [4.78, 5) is 4.32. The summed E-state index contributed by atoms with van der Waals surface area (Å²) in [6.07, 6.45) is 4.21. The summed E-state index contributed by atoms with van der Waals surface area (Å²) < 4.78 is 10.8. The Morgan fingerprint density at radius 2 is 2.16 bits per heavy atom. The zero-order valence-electron chi connectivity index (χ0n) is 10.6. The quantitative estimate of drug-likeness (QED) is 0.918. The molecule has 1 atom stereocenters. The first-order valence-corrected chi connectivity index (χ1v) is 6.55. The molecule has 0 saturated carbocycles. The normalized spacial score (nSPS) is 19.5. The second-order valence-electron chi connectivity index (χ2n) is 4.73. The molecule has 1 aromatic carbocycles. The fourth-order valence-corrected chi connectivity index (χ4v) is 2.27. The predicted molar refractivity (Wildman–Crippen MR) is 68.7 cm³/mol. The van der Waals surface area contributed by atoms with Crippen LogP contribution < -0.4 is 0 Å². The summed E-state index contributed by atoms with van der Waals surface area (Å²) in [7, 11) is 0. The number of aromatic nitrogens is 2. The molecule has 1 saturated heterocycles. The van der Waals surface area contributed by atoms with E-state index in [0.29, 0.717) is 23.7 Å². The van der Waals surface area contributed by atoms with Crippen LogP contribution >= 0.6 is 0 Å². The van der Waals surface area contributed by atoms with E-state index in [2.05, 4.69) is 10.1 Å². The minimum atomic E-state index is 0.145. The number of benzene rings is 1. The van der Waals surface area contributed by atoms with E-state index in [0.717, 1.165) is 19.4 Å². The minimum Gasteiger partial charge on any atom is -0.507 e. The van der Waals surface area contributed by atoms with Crippen molar-refractivity contribution in [3.05, 3.63) is 30.1 Å². The lowest BCUT2D eigenvalue weighted by molar-refractivity contribution is 0.0153. The third-order valence-electron chi connectivity index (χ3n) is 3.29. The molecule has 19 heavy (non-hydrogen) atoms. The second kappa shape index (κ2) is 5.40. The Bertz CT molecular complexity index is 547. The molecule has 1 aromatic heterocycles. The molecule has 2 aromatic rings. The summed E-state index contributed by atoms with van der Waals surface area (Å²) >= 11 is 0. The van der Waals surface area contributed by atoms with Gasteiger partial charge in [0.2, 0.25) is 0 Å². The van der Waals surface area contributed by atoms with E-state index in [1.165, 1.54) is 6.42 Å². The molecule has 1 aliphatic heterocycles. The highest BCUT2D eigenvalue weighted by atomic mass is 16.5. The van der Waals surface area contributed by atoms with Crippen LogP contribution in [0.25, 0.3) is 11.5 Å². The number of phenolic OH excluding ortho intramolecular Hbond substituents is 1. The van der Waals surface area contributed by atoms with Crippen LogP contribution in [0.4, 0.5) is 0 Å². The molecule has 1 aliphatic rings. The molecule has 0 bridgehead atoms. The first-order chi connectivity index (χ1) is 9.33. The fraction of sp³-hybridized carbons (Fsp3) is 0.429. The highest BCUT2D eigenvalue weighted by Crippen LogP contribution is 2.27. The molecular formula is C14H16N2O3. The third kappa shape index (κ3) is 2.76. The number of phenols is 1. The van der Waals surface area contributed by atoms with Crippen molar-refractivity contribution in [2.24, 2.45) is 0 Å². The van der Waals surface area contributed by atoms with Gasteiger partial charge in [-0.25, -0.2) is 0 Å². The molecule has 1 N–H and O–H groups in total. The van der Waals surface area contributed by atoms with Crippen molar-refractivity contribution in [3.63, 3.8) is 0 Å². The Morgan fingerprint density at radius 3 is 2.95 bits per heavy atom. The highest BCUT2D eigenvalue weighted by molar-refractivity contribution is 5.61. The van der Waals surface area contributed by atoms with Crippen LogP contribution in [0.3, 0.4) is 0 Å². The Morgan fingerprint density at radius 1 is 1.26 bits per heavy atom. The van der Waals surface area contributed by atoms with Crippen LogP contribution in [0, 0.1) is 0 Å². The molecular weight excluding hydrogens is 244 g/mol. The molecule has 100 valence electrons. The number of para-hydroxylation sites is 1. The molecule has 5 nitrogen and oxygen atoms in total. The predicted octanol–water partition coefficient (Wildman–Crippen LogP) is 2.55. The van der Waals surface area contributed by atoms with E-state index in [1.54, 1.807) is 18.2 Å². The van der Waals surface area contributed by atoms with Gasteiger partial charge in [0.1, 0.15) is 5.75 Å². The second-order valence-corrected chi connectivity index (χ2v) is 4.73. The Kier molecular flexibility index (Phi) is 3.46. The van der Waals surface area contributed by atoms with E-state index >= 15 is 0 Å². The van der Waals surface area contributed by atoms with Crippen LogP contribution in [0.5, 0.6) is 5.75 Å². The Labute approximate surface area is 111 Å². The maximum Gasteiger partial charge on any atom is 0.261 e. The topological polar surface area (TPSA) is 68.4 Å². The van der Waals surface area contributed by atoms with Gasteiger partial charge >= 0.3 is 0 Å². The largest absolute Gasteiger partial charge is 0.507 e. The summed E-state index contributed by atoms with van der Waals surface area (Å²) in [5.41, 5.74) is 0.561. The van der Waals surface area contributed by atoms with Gasteiger partial charge in [0, 0.05) is 13.0 Å². The van der Waals surface area contributed by atoms with E-state index in [4.69, 9.17) is 9.26 Å². The van der Waals surface area contributed by atoms with Gasteiger partial charge in [0.25, 0.3) is 5.89 Å². The lowest BCUT2D eigenvalue weighted by Gasteiger charge is -2.20. The monoisotopic (exact) mass is 260 g/mol. The number of aromatic hydroxyl groups is 1. The number of nitrogens with zero attached hydrogens (tertiary/aromatic N) is 2. The van der Waals surface area contributed by atoms with Gasteiger partial charge in [-0.15, -0.1) is 0 Å². The number of ether oxygens (including phenoxy) is 1. The van der Waals surface area contributed by atoms with E-state index in [-0.39, 0.29) is 11.9 Å². The van der Waals surface area contributed by atoms with Crippen molar-refractivity contribution in [1.82, 2.24) is 10.1 Å². The van der Waals surface area contributed by atoms with Crippen molar-refractivity contribution in [2.45, 2.75) is 31.8 Å². The molecule has 0 aliphatic carbocycles. The molecule has 2 heterocycles. The van der Waals surface area contributed by atoms with Crippen LogP contribution in [-0.4, -0.2) is 28.0 Å². The summed E-state index contributed by atoms with van der Waals surface area (Å²) in [5, 5.41) is 13.7. The smallest absolute Gasteiger partial charge is 0.261 e. The fourth-order valence-electron chi connectivity index (χ4n) is 2.27. The van der Waals surface area contributed by atoms with Crippen molar-refractivity contribution < 1.29 is 14.4 Å². The molecule has 3 rings (SSSR count). The molecule has 1 unspecified atom stereocenters. The average Bonchev–Trinajstić information content (AvgIpc) is 2.89. The highest BCUT2D eigenvalue weighted by Gasteiger charge is 2.18. The molecule has 5 heteroatoms. The molecule has 0 amide bonds. The van der Waals surface area contributed by atoms with E-state index in [9.17, 15) is 5.11 Å². The van der Waals surface area contributed by atoms with E-state index < -0.39 is 0 Å². The van der Waals surface area contributed by atoms with Gasteiger partial charge in [-0.1, -0.05) is 17.3 Å². The van der Waals surface area contributed by atoms with Gasteiger partial charge in [-0.05, 0) is 31.4 Å². The van der Waals surface area contributed by atoms with Crippen LogP contribution in [-0.2, 0) is 11.2 Å². The first-order valence-electron chi connectivity index (χ1n) is 6.55. The van der Waals surface area contributed by atoms with Gasteiger partial charge in [0.05, 0.1) is 11.7 Å². The molecule has 1 fully saturated rings. The third-order valence-corrected chi connectivity index (χ3v) is 3.29. The first kappa shape index (κ1) is 12.2. The summed E-state index contributed by atoms with van der Waals surface area (Å²) in [5.74, 6) is 1.13. The lowest BCUT2D eigenvalue weighted by atomic mass is 10.1. The van der Waals surface area contributed by atoms with Crippen LogP contribution in [0.1, 0.15) is 25.1 Å². The standard InChI is InChI=1S/C14H16N2O3/c17-12-7-2-1-6-11(12)14-15-13(16-19-14)9-10-5-3-4-8-18-10/h1-2,6-7,10,17H,3-5,8-9H2. The number of rotatable bonds is 3. The van der Waals surface area contributed by atoms with Gasteiger partial charge in [-0.2, -0.15) is 4.98 Å². The maximum absolute atomic E-state index is 9.74.